The van der Waals surface area contributed by atoms with Gasteiger partial charge in [-0.15, -0.1) is 0 Å². The van der Waals surface area contributed by atoms with E-state index in [2.05, 4.69) is 0 Å². The molecule has 22 nitrogen and oxygen atoms in total. The molecule has 16 unspecified atom stereocenters. The SMILES string of the molecule is OCC1OC(OC2=Cc3c(O)cc(OC4OC(CO)C(O)C(O)C4O)cc3OC2c2cc(O)c(O)c(OC3OC(CO)C(O)C(O)C3O)c2)C(O)C(O)C1O. The zero-order chi connectivity index (χ0) is 40.0. The Hall–Kier alpha value is -3.82. The van der Waals surface area contributed by atoms with Gasteiger partial charge in [-0.3, -0.25) is 0 Å². The number of aliphatic hydroxyl groups excluding tert-OH is 12. The van der Waals surface area contributed by atoms with E-state index < -0.39 is 141 Å². The lowest BCUT2D eigenvalue weighted by Crippen LogP contribution is -2.60. The summed E-state index contributed by atoms with van der Waals surface area (Å²) in [5.74, 6) is -3.72. The number of benzene rings is 2. The number of phenolic OH excluding ortho intramolecular Hbond substituents is 3. The van der Waals surface area contributed by atoms with Crippen LogP contribution in [0.15, 0.2) is 30.0 Å². The normalized spacial score (nSPS) is 39.0. The highest BCUT2D eigenvalue weighted by Crippen LogP contribution is 2.48. The molecule has 3 saturated heterocycles. The van der Waals surface area contributed by atoms with Crippen molar-refractivity contribution in [1.82, 2.24) is 0 Å². The molecule has 306 valence electrons. The number of aromatic hydroxyl groups is 3. The summed E-state index contributed by atoms with van der Waals surface area (Å²) in [6.45, 7) is -2.38. The number of hydrogen-bond acceptors (Lipinski definition) is 22. The monoisotopic (exact) mass is 790 g/mol. The minimum Gasteiger partial charge on any atom is -0.507 e. The van der Waals surface area contributed by atoms with E-state index in [9.17, 15) is 76.6 Å². The molecule has 0 saturated carbocycles. The lowest BCUT2D eigenvalue weighted by molar-refractivity contribution is -0.293. The number of ether oxygens (including phenoxy) is 7. The predicted octanol–water partition coefficient (Wildman–Crippen LogP) is -5.55. The summed E-state index contributed by atoms with van der Waals surface area (Å²) in [5, 5.41) is 154. The first-order chi connectivity index (χ1) is 26.1. The van der Waals surface area contributed by atoms with E-state index in [0.717, 1.165) is 18.2 Å². The third kappa shape index (κ3) is 7.80. The molecule has 22 heteroatoms. The van der Waals surface area contributed by atoms with Gasteiger partial charge in [-0.05, 0) is 18.2 Å². The van der Waals surface area contributed by atoms with Crippen molar-refractivity contribution in [2.24, 2.45) is 0 Å². The van der Waals surface area contributed by atoms with E-state index in [1.54, 1.807) is 0 Å². The Labute approximate surface area is 309 Å². The van der Waals surface area contributed by atoms with Crippen LogP contribution >= 0.6 is 0 Å². The van der Waals surface area contributed by atoms with Crippen LogP contribution in [0.25, 0.3) is 6.08 Å². The Morgan fingerprint density at radius 2 is 0.982 bits per heavy atom. The molecule has 4 aliphatic heterocycles. The highest BCUT2D eigenvalue weighted by molar-refractivity contribution is 5.70. The van der Waals surface area contributed by atoms with Crippen LogP contribution in [0.3, 0.4) is 0 Å². The Balaban J connectivity index is 1.37. The fourth-order valence-corrected chi connectivity index (χ4v) is 6.37. The molecular weight excluding hydrogens is 748 g/mol. The van der Waals surface area contributed by atoms with Crippen LogP contribution in [-0.4, -0.2) is 189 Å². The molecule has 2 aromatic rings. The summed E-state index contributed by atoms with van der Waals surface area (Å²) < 4.78 is 39.4. The van der Waals surface area contributed by atoms with E-state index in [0.29, 0.717) is 0 Å². The van der Waals surface area contributed by atoms with Crippen LogP contribution < -0.4 is 14.2 Å². The van der Waals surface area contributed by atoms with Gasteiger partial charge in [-0.1, -0.05) is 0 Å². The Kier molecular flexibility index (Phi) is 12.1. The third-order valence-electron chi connectivity index (χ3n) is 9.56. The first-order valence-electron chi connectivity index (χ1n) is 16.8. The minimum atomic E-state index is -1.93. The maximum absolute atomic E-state index is 11.1. The summed E-state index contributed by atoms with van der Waals surface area (Å²) in [4.78, 5) is 0. The number of fused-ring (bicyclic) bond motifs is 1. The van der Waals surface area contributed by atoms with Gasteiger partial charge < -0.3 is 110 Å². The predicted molar refractivity (Wildman–Crippen MR) is 173 cm³/mol. The van der Waals surface area contributed by atoms with E-state index in [1.165, 1.54) is 12.1 Å². The van der Waals surface area contributed by atoms with E-state index in [-0.39, 0.29) is 28.4 Å². The van der Waals surface area contributed by atoms with Gasteiger partial charge in [-0.2, -0.15) is 0 Å². The van der Waals surface area contributed by atoms with Crippen LogP contribution in [0.5, 0.6) is 34.5 Å². The average Bonchev–Trinajstić information content (AvgIpc) is 3.16. The maximum atomic E-state index is 11.1. The zero-order valence-corrected chi connectivity index (χ0v) is 28.3. The second-order valence-electron chi connectivity index (χ2n) is 13.2. The second kappa shape index (κ2) is 16.3. The second-order valence-corrected chi connectivity index (χ2v) is 13.2. The topological polar surface area (TPSA) is 368 Å². The average molecular weight is 791 g/mol. The maximum Gasteiger partial charge on any atom is 0.229 e. The molecule has 0 bridgehead atoms. The summed E-state index contributed by atoms with van der Waals surface area (Å²) in [7, 11) is 0. The number of phenols is 3. The van der Waals surface area contributed by atoms with Gasteiger partial charge in [0, 0.05) is 17.7 Å². The molecule has 6 rings (SSSR count). The molecule has 55 heavy (non-hydrogen) atoms. The fourth-order valence-electron chi connectivity index (χ4n) is 6.37. The largest absolute Gasteiger partial charge is 0.507 e. The molecular formula is C33H42O22. The van der Waals surface area contributed by atoms with Crippen LogP contribution in [-0.2, 0) is 18.9 Å². The zero-order valence-electron chi connectivity index (χ0n) is 28.3. The molecule has 3 fully saturated rings. The molecule has 0 radical (unpaired) electrons. The first-order valence-corrected chi connectivity index (χ1v) is 16.8. The molecule has 2 aromatic carbocycles. The van der Waals surface area contributed by atoms with Gasteiger partial charge in [0.25, 0.3) is 0 Å². The van der Waals surface area contributed by atoms with Gasteiger partial charge in [0.15, 0.2) is 17.6 Å². The Bertz CT molecular complexity index is 1680. The number of hydrogen-bond donors (Lipinski definition) is 15. The van der Waals surface area contributed by atoms with Gasteiger partial charge in [-0.25, -0.2) is 0 Å². The highest BCUT2D eigenvalue weighted by atomic mass is 16.7. The number of rotatable bonds is 10. The smallest absolute Gasteiger partial charge is 0.229 e. The van der Waals surface area contributed by atoms with Crippen molar-refractivity contribution in [3.8, 4) is 34.5 Å². The van der Waals surface area contributed by atoms with Crippen LogP contribution in [0, 0.1) is 0 Å². The van der Waals surface area contributed by atoms with Gasteiger partial charge in [0.1, 0.15) is 96.3 Å². The summed E-state index contributed by atoms with van der Waals surface area (Å²) >= 11 is 0. The summed E-state index contributed by atoms with van der Waals surface area (Å²) in [6, 6.07) is 4.22. The lowest BCUT2D eigenvalue weighted by atomic mass is 9.98. The van der Waals surface area contributed by atoms with Crippen molar-refractivity contribution < 1.29 is 110 Å². The highest BCUT2D eigenvalue weighted by Gasteiger charge is 2.48. The van der Waals surface area contributed by atoms with Gasteiger partial charge in [0.2, 0.25) is 24.6 Å². The van der Waals surface area contributed by atoms with Crippen molar-refractivity contribution in [3.63, 3.8) is 0 Å². The molecule has 0 spiro atoms. The molecule has 0 aliphatic carbocycles. The third-order valence-corrected chi connectivity index (χ3v) is 9.56. The van der Waals surface area contributed by atoms with Crippen molar-refractivity contribution in [2.45, 2.75) is 98.2 Å². The minimum absolute atomic E-state index is 0.113. The summed E-state index contributed by atoms with van der Waals surface area (Å²) in [5.41, 5.74) is -0.256. The van der Waals surface area contributed by atoms with E-state index in [1.807, 2.05) is 0 Å². The molecule has 4 heterocycles. The Morgan fingerprint density at radius 3 is 1.47 bits per heavy atom. The summed E-state index contributed by atoms with van der Waals surface area (Å²) in [6.07, 6.45) is -26.3. The van der Waals surface area contributed by atoms with E-state index in [4.69, 9.17) is 33.2 Å². The fraction of sp³-hybridized carbons (Fsp3) is 0.576. The Morgan fingerprint density at radius 1 is 0.509 bits per heavy atom. The quantitative estimate of drug-likeness (QED) is 0.0998. The number of aliphatic hydroxyl groups is 12. The standard InChI is InChI=1S/C33H42O22/c34-6-17-21(40)24(43)27(46)31(53-17)49-10-3-12(37)11-5-16(52-33-29(48)26(45)23(42)19(8-36)55-33)30(50-14(11)4-10)9-1-13(38)20(39)15(2-9)51-32-28(47)25(44)22(41)18(7-35)54-32/h1-5,17-19,21-48H,6-8H2. The van der Waals surface area contributed by atoms with Crippen molar-refractivity contribution >= 4 is 6.08 Å². The first kappa shape index (κ1) is 40.8. The van der Waals surface area contributed by atoms with E-state index >= 15 is 0 Å². The van der Waals surface area contributed by atoms with Crippen LogP contribution in [0.2, 0.25) is 0 Å². The van der Waals surface area contributed by atoms with Crippen LogP contribution in [0.4, 0.5) is 0 Å². The van der Waals surface area contributed by atoms with Crippen molar-refractivity contribution in [1.29, 1.82) is 0 Å². The molecule has 0 amide bonds. The van der Waals surface area contributed by atoms with Crippen molar-refractivity contribution in [2.75, 3.05) is 19.8 Å². The lowest BCUT2D eigenvalue weighted by Gasteiger charge is -2.41. The molecule has 15 N–H and O–H groups in total. The van der Waals surface area contributed by atoms with Crippen LogP contribution in [0.1, 0.15) is 17.2 Å². The van der Waals surface area contributed by atoms with Gasteiger partial charge in [0.05, 0.1) is 25.4 Å². The molecule has 4 aliphatic rings. The molecule has 0 aromatic heterocycles. The molecule has 16 atom stereocenters. The van der Waals surface area contributed by atoms with Gasteiger partial charge >= 0.3 is 0 Å². The van der Waals surface area contributed by atoms with Crippen molar-refractivity contribution in [3.05, 3.63) is 41.2 Å².